The van der Waals surface area contributed by atoms with Crippen molar-refractivity contribution in [3.05, 3.63) is 29.8 Å². The molecule has 0 aliphatic carbocycles. The summed E-state index contributed by atoms with van der Waals surface area (Å²) in [5.74, 6) is -0.533. The summed E-state index contributed by atoms with van der Waals surface area (Å²) in [6, 6.07) is 6.09. The van der Waals surface area contributed by atoms with Gasteiger partial charge >= 0.3 is 6.18 Å². The van der Waals surface area contributed by atoms with Gasteiger partial charge in [-0.25, -0.2) is 0 Å². The van der Waals surface area contributed by atoms with Gasteiger partial charge in [0.15, 0.2) is 0 Å². The van der Waals surface area contributed by atoms with Crippen molar-refractivity contribution in [3.63, 3.8) is 0 Å². The number of rotatable bonds is 5. The highest BCUT2D eigenvalue weighted by atomic mass is 19.4. The predicted octanol–water partition coefficient (Wildman–Crippen LogP) is 1.98. The summed E-state index contributed by atoms with van der Waals surface area (Å²) >= 11 is 0. The summed E-state index contributed by atoms with van der Waals surface area (Å²) in [6.07, 6.45) is -5.63. The molecule has 0 aromatic heterocycles. The van der Waals surface area contributed by atoms with Crippen molar-refractivity contribution in [2.75, 3.05) is 6.61 Å². The molecule has 1 aromatic rings. The number of nitrogens with one attached hydrogen (secondary N) is 1. The fourth-order valence-corrected chi connectivity index (χ4v) is 1.24. The molecule has 0 saturated carbocycles. The van der Waals surface area contributed by atoms with Crippen LogP contribution < -0.4 is 5.32 Å². The lowest BCUT2D eigenvalue weighted by molar-refractivity contribution is -0.185. The molecule has 19 heavy (non-hydrogen) atoms. The van der Waals surface area contributed by atoms with Crippen LogP contribution in [0, 0.1) is 0 Å². The Morgan fingerprint density at radius 2 is 1.95 bits per heavy atom. The van der Waals surface area contributed by atoms with Gasteiger partial charge in [-0.15, -0.1) is 0 Å². The van der Waals surface area contributed by atoms with E-state index in [1.807, 2.05) is 0 Å². The Labute approximate surface area is 108 Å². The van der Waals surface area contributed by atoms with Gasteiger partial charge in [-0.2, -0.15) is 13.2 Å². The highest BCUT2D eigenvalue weighted by Gasteiger charge is 2.29. The van der Waals surface area contributed by atoms with Crippen LogP contribution >= 0.6 is 0 Å². The number of aromatic hydroxyl groups is 1. The molecule has 1 atom stereocenters. The summed E-state index contributed by atoms with van der Waals surface area (Å²) < 4.78 is 40.1. The van der Waals surface area contributed by atoms with Gasteiger partial charge < -0.3 is 15.2 Å². The highest BCUT2D eigenvalue weighted by Crippen LogP contribution is 2.15. The lowest BCUT2D eigenvalue weighted by atomic mass is 10.2. The van der Waals surface area contributed by atoms with Crippen LogP contribution in [0.5, 0.6) is 5.75 Å². The van der Waals surface area contributed by atoms with Crippen molar-refractivity contribution in [2.45, 2.75) is 25.7 Å². The molecule has 0 bridgehead atoms. The highest BCUT2D eigenvalue weighted by molar-refractivity contribution is 5.80. The molecule has 1 rings (SSSR count). The molecule has 4 nitrogen and oxygen atoms in total. The average Bonchev–Trinajstić information content (AvgIpc) is 2.34. The first-order valence-corrected chi connectivity index (χ1v) is 5.52. The van der Waals surface area contributed by atoms with Crippen molar-refractivity contribution < 1.29 is 27.8 Å². The molecule has 0 spiro atoms. The van der Waals surface area contributed by atoms with Gasteiger partial charge in [0, 0.05) is 6.54 Å². The van der Waals surface area contributed by atoms with Crippen LogP contribution in [0.15, 0.2) is 24.3 Å². The van der Waals surface area contributed by atoms with Gasteiger partial charge in [0.1, 0.15) is 18.5 Å². The smallest absolute Gasteiger partial charge is 0.411 e. The van der Waals surface area contributed by atoms with Crippen molar-refractivity contribution in [1.29, 1.82) is 0 Å². The molecule has 0 radical (unpaired) electrons. The van der Waals surface area contributed by atoms with E-state index in [0.29, 0.717) is 5.56 Å². The molecule has 0 aliphatic rings. The molecule has 0 fully saturated rings. The first-order valence-electron chi connectivity index (χ1n) is 5.52. The molecular weight excluding hydrogens is 263 g/mol. The minimum Gasteiger partial charge on any atom is -0.508 e. The fourth-order valence-electron chi connectivity index (χ4n) is 1.24. The van der Waals surface area contributed by atoms with Crippen molar-refractivity contribution in [3.8, 4) is 5.75 Å². The molecule has 106 valence electrons. The molecule has 7 heteroatoms. The zero-order valence-electron chi connectivity index (χ0n) is 10.2. The quantitative estimate of drug-likeness (QED) is 0.865. The van der Waals surface area contributed by atoms with Crippen LogP contribution in [-0.2, 0) is 16.1 Å². The molecule has 1 unspecified atom stereocenters. The number of benzene rings is 1. The number of hydrogen-bond donors (Lipinski definition) is 2. The minimum absolute atomic E-state index is 0.0944. The van der Waals surface area contributed by atoms with Crippen LogP contribution in [0.25, 0.3) is 0 Å². The third-order valence-electron chi connectivity index (χ3n) is 2.27. The third kappa shape index (κ3) is 6.10. The first kappa shape index (κ1) is 15.3. The number of hydrogen-bond acceptors (Lipinski definition) is 3. The lowest BCUT2D eigenvalue weighted by Crippen LogP contribution is -2.36. The third-order valence-corrected chi connectivity index (χ3v) is 2.27. The zero-order chi connectivity index (χ0) is 14.5. The second-order valence-electron chi connectivity index (χ2n) is 3.95. The van der Waals surface area contributed by atoms with Gasteiger partial charge in [-0.3, -0.25) is 4.79 Å². The van der Waals surface area contributed by atoms with Gasteiger partial charge in [-0.05, 0) is 24.6 Å². The van der Waals surface area contributed by atoms with E-state index in [1.165, 1.54) is 19.1 Å². The van der Waals surface area contributed by atoms with E-state index in [0.717, 1.165) is 0 Å². The van der Waals surface area contributed by atoms with Crippen LogP contribution in [0.2, 0.25) is 0 Å². The number of amides is 1. The van der Waals surface area contributed by atoms with Gasteiger partial charge in [-0.1, -0.05) is 12.1 Å². The topological polar surface area (TPSA) is 58.6 Å². The number of carbonyl (C=O) groups excluding carboxylic acids is 1. The molecule has 0 saturated heterocycles. The Bertz CT molecular complexity index is 417. The largest absolute Gasteiger partial charge is 0.508 e. The predicted molar refractivity (Wildman–Crippen MR) is 61.4 cm³/mol. The summed E-state index contributed by atoms with van der Waals surface area (Å²) in [4.78, 5) is 11.4. The van der Waals surface area contributed by atoms with Gasteiger partial charge in [0.05, 0.1) is 0 Å². The molecule has 0 heterocycles. The maximum Gasteiger partial charge on any atom is 0.411 e. The summed E-state index contributed by atoms with van der Waals surface area (Å²) in [5, 5.41) is 11.5. The normalized spacial score (nSPS) is 13.1. The van der Waals surface area contributed by atoms with Crippen molar-refractivity contribution in [1.82, 2.24) is 5.32 Å². The molecular formula is C12H14F3NO3. The van der Waals surface area contributed by atoms with Crippen molar-refractivity contribution in [2.24, 2.45) is 0 Å². The Balaban J connectivity index is 2.36. The second-order valence-corrected chi connectivity index (χ2v) is 3.95. The standard InChI is InChI=1S/C12H14F3NO3/c1-8(19-7-12(13,14)15)11(18)16-6-9-2-4-10(17)5-3-9/h2-5,8,17H,6-7H2,1H3,(H,16,18). The first-order chi connectivity index (χ1) is 8.78. The number of alkyl halides is 3. The van der Waals surface area contributed by atoms with Crippen LogP contribution in [-0.4, -0.2) is 29.9 Å². The minimum atomic E-state index is -4.45. The lowest BCUT2D eigenvalue weighted by Gasteiger charge is -2.14. The van der Waals surface area contributed by atoms with Crippen LogP contribution in [0.3, 0.4) is 0 Å². The molecule has 1 amide bonds. The van der Waals surface area contributed by atoms with E-state index in [2.05, 4.69) is 10.1 Å². The van der Waals surface area contributed by atoms with E-state index in [4.69, 9.17) is 5.11 Å². The summed E-state index contributed by atoms with van der Waals surface area (Å²) in [6.45, 7) is -0.0580. The van der Waals surface area contributed by atoms with E-state index < -0.39 is 24.8 Å². The Kier molecular flexibility index (Phi) is 5.17. The van der Waals surface area contributed by atoms with E-state index in [1.54, 1.807) is 12.1 Å². The summed E-state index contributed by atoms with van der Waals surface area (Å²) in [5.41, 5.74) is 0.717. The van der Waals surface area contributed by atoms with Crippen LogP contribution in [0.1, 0.15) is 12.5 Å². The Morgan fingerprint density at radius 1 is 1.37 bits per heavy atom. The Morgan fingerprint density at radius 3 is 2.47 bits per heavy atom. The summed E-state index contributed by atoms with van der Waals surface area (Å²) in [7, 11) is 0. The average molecular weight is 277 g/mol. The van der Waals surface area contributed by atoms with E-state index in [-0.39, 0.29) is 12.3 Å². The monoisotopic (exact) mass is 277 g/mol. The SMILES string of the molecule is CC(OCC(F)(F)F)C(=O)NCc1ccc(O)cc1. The zero-order valence-corrected chi connectivity index (χ0v) is 10.2. The fraction of sp³-hybridized carbons (Fsp3) is 0.417. The molecule has 2 N–H and O–H groups in total. The van der Waals surface area contributed by atoms with Gasteiger partial charge in [0.2, 0.25) is 5.91 Å². The van der Waals surface area contributed by atoms with E-state index >= 15 is 0 Å². The Hall–Kier alpha value is -1.76. The molecule has 0 aliphatic heterocycles. The number of halogens is 3. The maximum atomic E-state index is 11.9. The number of ether oxygens (including phenoxy) is 1. The maximum absolute atomic E-state index is 11.9. The number of carbonyl (C=O) groups is 1. The van der Waals surface area contributed by atoms with E-state index in [9.17, 15) is 18.0 Å². The molecule has 1 aromatic carbocycles. The number of phenolic OH excluding ortho intramolecular Hbond substituents is 1. The number of phenols is 1. The van der Waals surface area contributed by atoms with Crippen molar-refractivity contribution >= 4 is 5.91 Å². The van der Waals surface area contributed by atoms with Gasteiger partial charge in [0.25, 0.3) is 0 Å². The second kappa shape index (κ2) is 6.42. The van der Waals surface area contributed by atoms with Crippen LogP contribution in [0.4, 0.5) is 13.2 Å².